The lowest BCUT2D eigenvalue weighted by Gasteiger charge is -2.27. The molecule has 2 N–H and O–H groups in total. The van der Waals surface area contributed by atoms with Gasteiger partial charge in [0.15, 0.2) is 0 Å². The van der Waals surface area contributed by atoms with Crippen molar-refractivity contribution in [2.75, 3.05) is 25.6 Å². The lowest BCUT2D eigenvalue weighted by Crippen LogP contribution is -2.54. The first-order valence-corrected chi connectivity index (χ1v) is 7.38. The van der Waals surface area contributed by atoms with Crippen LogP contribution < -0.4 is 5.73 Å². The fourth-order valence-electron chi connectivity index (χ4n) is 1.49. The van der Waals surface area contributed by atoms with E-state index in [0.717, 1.165) is 0 Å². The molecular weight excluding hydrogens is 240 g/mol. The fourth-order valence-corrected chi connectivity index (χ4v) is 3.80. The summed E-state index contributed by atoms with van der Waals surface area (Å²) in [7, 11) is -3.08. The second-order valence-electron chi connectivity index (χ2n) is 3.25. The highest BCUT2D eigenvalue weighted by molar-refractivity contribution is 6.59. The quantitative estimate of drug-likeness (QED) is 0.721. The Morgan fingerprint density at radius 1 is 1.12 bits per heavy atom. The van der Waals surface area contributed by atoms with Crippen LogP contribution in [-0.2, 0) is 13.3 Å². The van der Waals surface area contributed by atoms with Crippen LogP contribution in [0.15, 0.2) is 0 Å². The molecule has 1 heterocycles. The molecule has 0 saturated heterocycles. The third-order valence-electron chi connectivity index (χ3n) is 1.98. The predicted octanol–water partition coefficient (Wildman–Crippen LogP) is 0.562. The van der Waals surface area contributed by atoms with Gasteiger partial charge in [-0.2, -0.15) is 14.4 Å². The van der Waals surface area contributed by atoms with Gasteiger partial charge in [-0.3, -0.25) is 0 Å². The molecule has 0 aliphatic heterocycles. The van der Waals surface area contributed by atoms with Gasteiger partial charge >= 0.3 is 8.97 Å². The summed E-state index contributed by atoms with van der Waals surface area (Å²) in [5, 5.41) is 4.21. The van der Waals surface area contributed by atoms with Crippen molar-refractivity contribution < 1.29 is 13.3 Å². The smallest absolute Gasteiger partial charge is 0.368 e. The molecule has 0 aliphatic rings. The molecule has 0 unspecified atom stereocenters. The van der Waals surface area contributed by atoms with Crippen LogP contribution in [0.25, 0.3) is 0 Å². The van der Waals surface area contributed by atoms with Gasteiger partial charge in [-0.25, -0.2) is 0 Å². The van der Waals surface area contributed by atoms with E-state index in [4.69, 9.17) is 19.0 Å². The van der Waals surface area contributed by atoms with Gasteiger partial charge in [0.05, 0.1) is 0 Å². The van der Waals surface area contributed by atoms with E-state index in [1.807, 2.05) is 20.8 Å². The van der Waals surface area contributed by atoms with Crippen LogP contribution in [0.4, 0.5) is 5.95 Å². The third-order valence-corrected chi connectivity index (χ3v) is 4.79. The summed E-state index contributed by atoms with van der Waals surface area (Å²) in [6.45, 7) is 8.77. The van der Waals surface area contributed by atoms with Gasteiger partial charge in [-0.05, 0) is 27.7 Å². The maximum absolute atomic E-state index is 5.80. The molecule has 0 spiro atoms. The average Bonchev–Trinajstić information content (AvgIpc) is 2.59. The number of nitrogens with zero attached hydrogens (tertiary/aromatic N) is 3. The van der Waals surface area contributed by atoms with Crippen molar-refractivity contribution in [2.45, 2.75) is 27.7 Å². The van der Waals surface area contributed by atoms with Crippen molar-refractivity contribution >= 4 is 14.9 Å². The number of hydrogen-bond donors (Lipinski definition) is 1. The highest BCUT2D eigenvalue weighted by Crippen LogP contribution is 2.16. The number of anilines is 1. The highest BCUT2D eigenvalue weighted by Gasteiger charge is 2.48. The molecule has 0 bridgehead atoms. The third kappa shape index (κ3) is 3.03. The Hall–Kier alpha value is -0.963. The van der Waals surface area contributed by atoms with Crippen LogP contribution in [0.1, 0.15) is 26.6 Å². The Balaban J connectivity index is 3.13. The lowest BCUT2D eigenvalue weighted by atomic mass is 10.8. The summed E-state index contributed by atoms with van der Waals surface area (Å²) in [5.41, 5.74) is 5.80. The van der Waals surface area contributed by atoms with Crippen molar-refractivity contribution in [3.8, 4) is 0 Å². The molecule has 0 aliphatic carbocycles. The Kier molecular flexibility index (Phi) is 5.06. The maximum Gasteiger partial charge on any atom is 0.657 e. The minimum absolute atomic E-state index is 0.254. The first-order valence-electron chi connectivity index (χ1n) is 5.71. The van der Waals surface area contributed by atoms with E-state index < -0.39 is 8.97 Å². The van der Waals surface area contributed by atoms with Gasteiger partial charge in [0, 0.05) is 19.8 Å². The molecule has 1 aromatic heterocycles. The second-order valence-corrected chi connectivity index (χ2v) is 5.59. The summed E-state index contributed by atoms with van der Waals surface area (Å²) in [5.74, 6) is 0.822. The molecular formula is C9H20N4O3Si. The minimum atomic E-state index is -3.08. The van der Waals surface area contributed by atoms with Crippen LogP contribution in [0.2, 0.25) is 0 Å². The predicted molar refractivity (Wildman–Crippen MR) is 65.2 cm³/mol. The monoisotopic (exact) mass is 260 g/mol. The second kappa shape index (κ2) is 6.10. The average molecular weight is 260 g/mol. The summed E-state index contributed by atoms with van der Waals surface area (Å²) in [6, 6.07) is 0. The van der Waals surface area contributed by atoms with E-state index in [0.29, 0.717) is 25.6 Å². The van der Waals surface area contributed by atoms with Crippen LogP contribution in [0, 0.1) is 6.92 Å². The van der Waals surface area contributed by atoms with Crippen LogP contribution >= 0.6 is 0 Å². The zero-order chi connectivity index (χ0) is 12.9. The molecule has 17 heavy (non-hydrogen) atoms. The standard InChI is InChI=1S/C9H20N4O3Si/c1-5-14-17(15-6-2,16-7-3)13-9(10)11-8(4)12-13/h5-7H2,1-4H3,(H2,10,11,12). The van der Waals surface area contributed by atoms with Gasteiger partial charge in [0.2, 0.25) is 5.95 Å². The van der Waals surface area contributed by atoms with Gasteiger partial charge in [0.1, 0.15) is 5.82 Å². The van der Waals surface area contributed by atoms with Gasteiger partial charge in [-0.1, -0.05) is 0 Å². The summed E-state index contributed by atoms with van der Waals surface area (Å²) in [4.78, 5) is 4.05. The Morgan fingerprint density at radius 2 is 1.59 bits per heavy atom. The molecule has 0 atom stereocenters. The van der Waals surface area contributed by atoms with Crippen LogP contribution in [0.5, 0.6) is 0 Å². The van der Waals surface area contributed by atoms with Crippen molar-refractivity contribution in [3.63, 3.8) is 0 Å². The molecule has 98 valence electrons. The van der Waals surface area contributed by atoms with Crippen molar-refractivity contribution in [2.24, 2.45) is 0 Å². The van der Waals surface area contributed by atoms with Gasteiger partial charge in [-0.15, -0.1) is 0 Å². The van der Waals surface area contributed by atoms with Crippen molar-refractivity contribution in [1.82, 2.24) is 14.4 Å². The molecule has 1 rings (SSSR count). The summed E-state index contributed by atoms with van der Waals surface area (Å²) in [6.07, 6.45) is 0. The first-order chi connectivity index (χ1) is 8.09. The summed E-state index contributed by atoms with van der Waals surface area (Å²) >= 11 is 0. The van der Waals surface area contributed by atoms with Crippen LogP contribution in [-0.4, -0.2) is 43.2 Å². The van der Waals surface area contributed by atoms with Crippen LogP contribution in [0.3, 0.4) is 0 Å². The van der Waals surface area contributed by atoms with E-state index in [1.165, 1.54) is 4.35 Å². The van der Waals surface area contributed by atoms with Gasteiger partial charge in [0.25, 0.3) is 0 Å². The van der Waals surface area contributed by atoms with E-state index >= 15 is 0 Å². The molecule has 0 radical (unpaired) electrons. The summed E-state index contributed by atoms with van der Waals surface area (Å²) < 4.78 is 18.5. The topological polar surface area (TPSA) is 84.4 Å². The number of rotatable bonds is 7. The number of aromatic nitrogens is 3. The Morgan fingerprint density at radius 3 is 1.88 bits per heavy atom. The zero-order valence-electron chi connectivity index (χ0n) is 10.8. The largest absolute Gasteiger partial charge is 0.657 e. The molecule has 8 heteroatoms. The van der Waals surface area contributed by atoms with Crippen molar-refractivity contribution in [3.05, 3.63) is 5.82 Å². The highest BCUT2D eigenvalue weighted by atomic mass is 28.4. The normalized spacial score (nSPS) is 12.0. The molecule has 0 aromatic carbocycles. The zero-order valence-corrected chi connectivity index (χ0v) is 11.8. The van der Waals surface area contributed by atoms with E-state index in [-0.39, 0.29) is 5.95 Å². The Bertz CT molecular complexity index is 341. The molecule has 0 fully saturated rings. The first kappa shape index (κ1) is 14.1. The number of aryl methyl sites for hydroxylation is 1. The van der Waals surface area contributed by atoms with Crippen molar-refractivity contribution in [1.29, 1.82) is 0 Å². The Labute approximate surface area is 102 Å². The maximum atomic E-state index is 5.80. The van der Waals surface area contributed by atoms with E-state index in [9.17, 15) is 0 Å². The molecule has 1 aromatic rings. The van der Waals surface area contributed by atoms with E-state index in [1.54, 1.807) is 6.92 Å². The minimum Gasteiger partial charge on any atom is -0.368 e. The lowest BCUT2D eigenvalue weighted by molar-refractivity contribution is 0.0584. The molecule has 0 amide bonds. The molecule has 7 nitrogen and oxygen atoms in total. The molecule has 0 saturated carbocycles. The SMILES string of the molecule is CCO[Si](OCC)(OCC)n1nc(C)nc1N. The van der Waals surface area contributed by atoms with Gasteiger partial charge < -0.3 is 19.0 Å². The number of hydrogen-bond acceptors (Lipinski definition) is 6. The van der Waals surface area contributed by atoms with E-state index in [2.05, 4.69) is 10.1 Å². The number of nitrogens with two attached hydrogens (primary N) is 1. The fraction of sp³-hybridized carbons (Fsp3) is 0.778. The number of nitrogen functional groups attached to an aromatic ring is 1.